The lowest BCUT2D eigenvalue weighted by Gasteiger charge is -2.35. The molecule has 2 aliphatic rings. The second kappa shape index (κ2) is 7.75. The van der Waals surface area contributed by atoms with Gasteiger partial charge in [0.25, 0.3) is 0 Å². The maximum absolute atomic E-state index is 12.3. The smallest absolute Gasteiger partial charge is 0.227 e. The van der Waals surface area contributed by atoms with Crippen molar-refractivity contribution in [1.29, 1.82) is 0 Å². The highest BCUT2D eigenvalue weighted by Crippen LogP contribution is 2.22. The first kappa shape index (κ1) is 15.5. The number of rotatable bonds is 4. The van der Waals surface area contributed by atoms with E-state index in [1.807, 2.05) is 30.3 Å². The number of hydrogen-bond donors (Lipinski definition) is 2. The largest absolute Gasteiger partial charge is 0.326 e. The minimum Gasteiger partial charge on any atom is -0.326 e. The van der Waals surface area contributed by atoms with Crippen LogP contribution in [-0.4, -0.2) is 43.5 Å². The molecule has 2 N–H and O–H groups in total. The van der Waals surface area contributed by atoms with Crippen molar-refractivity contribution in [3.05, 3.63) is 30.3 Å². The lowest BCUT2D eigenvalue weighted by Crippen LogP contribution is -2.42. The summed E-state index contributed by atoms with van der Waals surface area (Å²) in [7, 11) is 0. The van der Waals surface area contributed by atoms with Crippen molar-refractivity contribution < 1.29 is 4.79 Å². The zero-order valence-corrected chi connectivity index (χ0v) is 13.3. The first-order valence-electron chi connectivity index (χ1n) is 8.60. The number of benzene rings is 1. The molecular weight excluding hydrogens is 274 g/mol. The molecule has 120 valence electrons. The predicted molar refractivity (Wildman–Crippen MR) is 89.8 cm³/mol. The molecule has 0 spiro atoms. The first-order chi connectivity index (χ1) is 10.8. The van der Waals surface area contributed by atoms with Gasteiger partial charge in [-0.05, 0) is 69.9 Å². The van der Waals surface area contributed by atoms with Gasteiger partial charge in [0, 0.05) is 18.2 Å². The minimum absolute atomic E-state index is 0.171. The molecule has 2 heterocycles. The molecule has 0 unspecified atom stereocenters. The monoisotopic (exact) mass is 301 g/mol. The summed E-state index contributed by atoms with van der Waals surface area (Å²) in [6.45, 7) is 5.68. The zero-order valence-electron chi connectivity index (χ0n) is 13.3. The Morgan fingerprint density at radius 3 is 2.45 bits per heavy atom. The second-order valence-electron chi connectivity index (χ2n) is 6.62. The van der Waals surface area contributed by atoms with Gasteiger partial charge in [-0.15, -0.1) is 0 Å². The van der Waals surface area contributed by atoms with E-state index in [2.05, 4.69) is 15.5 Å². The van der Waals surface area contributed by atoms with E-state index < -0.39 is 0 Å². The fraction of sp³-hybridized carbons (Fsp3) is 0.611. The molecule has 2 saturated heterocycles. The van der Waals surface area contributed by atoms with E-state index in [4.69, 9.17) is 0 Å². The van der Waals surface area contributed by atoms with Crippen LogP contribution in [0.15, 0.2) is 30.3 Å². The first-order valence-corrected chi connectivity index (χ1v) is 8.60. The van der Waals surface area contributed by atoms with Crippen LogP contribution in [-0.2, 0) is 4.79 Å². The van der Waals surface area contributed by atoms with Crippen molar-refractivity contribution in [3.63, 3.8) is 0 Å². The number of likely N-dealkylation sites (tertiary alicyclic amines) is 1. The highest BCUT2D eigenvalue weighted by atomic mass is 16.1. The van der Waals surface area contributed by atoms with Gasteiger partial charge in [0.05, 0.1) is 0 Å². The van der Waals surface area contributed by atoms with Crippen molar-refractivity contribution in [3.8, 4) is 0 Å². The molecule has 0 atom stereocenters. The van der Waals surface area contributed by atoms with E-state index >= 15 is 0 Å². The molecule has 2 aliphatic heterocycles. The van der Waals surface area contributed by atoms with Crippen LogP contribution in [0.25, 0.3) is 0 Å². The Bertz CT molecular complexity index is 462. The van der Waals surface area contributed by atoms with Gasteiger partial charge in [0.15, 0.2) is 0 Å². The number of carbonyl (C=O) groups excluding carboxylic acids is 1. The third-order valence-electron chi connectivity index (χ3n) is 4.97. The van der Waals surface area contributed by atoms with E-state index in [9.17, 15) is 4.79 Å². The number of anilines is 1. The van der Waals surface area contributed by atoms with Gasteiger partial charge in [0.2, 0.25) is 5.91 Å². The number of piperidine rings is 2. The molecule has 3 rings (SSSR count). The summed E-state index contributed by atoms with van der Waals surface area (Å²) in [5.74, 6) is 1.20. The predicted octanol–water partition coefficient (Wildman–Crippen LogP) is 2.34. The summed E-state index contributed by atoms with van der Waals surface area (Å²) >= 11 is 0. The third-order valence-corrected chi connectivity index (χ3v) is 4.97. The maximum Gasteiger partial charge on any atom is 0.227 e. The molecular formula is C18H27N3O. The van der Waals surface area contributed by atoms with Crippen molar-refractivity contribution in [2.24, 2.45) is 11.8 Å². The average molecular weight is 301 g/mol. The molecule has 1 amide bonds. The Hall–Kier alpha value is -1.39. The van der Waals surface area contributed by atoms with E-state index in [1.165, 1.54) is 32.5 Å². The molecule has 0 aromatic heterocycles. The van der Waals surface area contributed by atoms with Gasteiger partial charge in [0.1, 0.15) is 0 Å². The van der Waals surface area contributed by atoms with Crippen LogP contribution in [0.4, 0.5) is 5.69 Å². The molecule has 22 heavy (non-hydrogen) atoms. The van der Waals surface area contributed by atoms with Crippen LogP contribution >= 0.6 is 0 Å². The number of nitrogens with one attached hydrogen (secondary N) is 2. The number of nitrogens with zero attached hydrogens (tertiary/aromatic N) is 1. The molecule has 4 nitrogen and oxygen atoms in total. The van der Waals surface area contributed by atoms with Gasteiger partial charge in [-0.3, -0.25) is 4.79 Å². The van der Waals surface area contributed by atoms with Gasteiger partial charge in [-0.1, -0.05) is 18.2 Å². The molecule has 0 aliphatic carbocycles. The van der Waals surface area contributed by atoms with Gasteiger partial charge in [-0.25, -0.2) is 0 Å². The average Bonchev–Trinajstić information content (AvgIpc) is 2.57. The normalized spacial score (nSPS) is 21.6. The molecule has 0 bridgehead atoms. The fourth-order valence-corrected chi connectivity index (χ4v) is 3.57. The third kappa shape index (κ3) is 4.31. The van der Waals surface area contributed by atoms with Crippen LogP contribution in [0.2, 0.25) is 0 Å². The molecule has 2 fully saturated rings. The molecule has 4 heteroatoms. The lowest BCUT2D eigenvalue weighted by molar-refractivity contribution is -0.121. The second-order valence-corrected chi connectivity index (χ2v) is 6.62. The SMILES string of the molecule is O=C(Nc1ccccc1)C1CCN(CC2CCNCC2)CC1. The summed E-state index contributed by atoms with van der Waals surface area (Å²) in [5, 5.41) is 6.47. The standard InChI is InChI=1S/C18H27N3O/c22-18(20-17-4-2-1-3-5-17)16-8-12-21(13-9-16)14-15-6-10-19-11-7-15/h1-5,15-16,19H,6-14H2,(H,20,22). The zero-order chi connectivity index (χ0) is 15.2. The van der Waals surface area contributed by atoms with Crippen LogP contribution in [0.3, 0.4) is 0 Å². The molecule has 0 radical (unpaired) electrons. The van der Waals surface area contributed by atoms with Crippen LogP contribution in [0, 0.1) is 11.8 Å². The molecule has 0 saturated carbocycles. The summed E-state index contributed by atoms with van der Waals surface area (Å²) in [4.78, 5) is 14.9. The van der Waals surface area contributed by atoms with Gasteiger partial charge in [-0.2, -0.15) is 0 Å². The molecule has 1 aromatic rings. The van der Waals surface area contributed by atoms with Crippen LogP contribution < -0.4 is 10.6 Å². The summed E-state index contributed by atoms with van der Waals surface area (Å²) in [6, 6.07) is 9.78. The Labute approximate surface area is 133 Å². The fourth-order valence-electron chi connectivity index (χ4n) is 3.57. The summed E-state index contributed by atoms with van der Waals surface area (Å²) in [5.41, 5.74) is 0.907. The quantitative estimate of drug-likeness (QED) is 0.897. The Morgan fingerprint density at radius 1 is 1.09 bits per heavy atom. The summed E-state index contributed by atoms with van der Waals surface area (Å²) in [6.07, 6.45) is 4.58. The number of carbonyl (C=O) groups is 1. The van der Waals surface area contributed by atoms with Gasteiger partial charge >= 0.3 is 0 Å². The highest BCUT2D eigenvalue weighted by molar-refractivity contribution is 5.92. The Morgan fingerprint density at radius 2 is 1.77 bits per heavy atom. The van der Waals surface area contributed by atoms with Crippen molar-refractivity contribution in [2.75, 3.05) is 38.0 Å². The van der Waals surface area contributed by atoms with Crippen molar-refractivity contribution in [1.82, 2.24) is 10.2 Å². The maximum atomic E-state index is 12.3. The Kier molecular flexibility index (Phi) is 5.46. The number of hydrogen-bond acceptors (Lipinski definition) is 3. The number of para-hydroxylation sites is 1. The van der Waals surface area contributed by atoms with E-state index in [0.29, 0.717) is 0 Å². The lowest BCUT2D eigenvalue weighted by atomic mass is 9.93. The van der Waals surface area contributed by atoms with Crippen molar-refractivity contribution >= 4 is 11.6 Å². The molecule has 1 aromatic carbocycles. The highest BCUT2D eigenvalue weighted by Gasteiger charge is 2.26. The Balaban J connectivity index is 1.42. The van der Waals surface area contributed by atoms with E-state index in [-0.39, 0.29) is 11.8 Å². The van der Waals surface area contributed by atoms with E-state index in [0.717, 1.165) is 37.5 Å². The van der Waals surface area contributed by atoms with Gasteiger partial charge < -0.3 is 15.5 Å². The van der Waals surface area contributed by atoms with Crippen molar-refractivity contribution in [2.45, 2.75) is 25.7 Å². The van der Waals surface area contributed by atoms with Crippen LogP contribution in [0.1, 0.15) is 25.7 Å². The topological polar surface area (TPSA) is 44.4 Å². The number of amides is 1. The van der Waals surface area contributed by atoms with E-state index in [1.54, 1.807) is 0 Å². The minimum atomic E-state index is 0.171. The van der Waals surface area contributed by atoms with Crippen LogP contribution in [0.5, 0.6) is 0 Å². The summed E-state index contributed by atoms with van der Waals surface area (Å²) < 4.78 is 0.